The maximum Gasteiger partial charge on any atom is 0.274 e. The minimum atomic E-state index is -1.06. The van der Waals surface area contributed by atoms with E-state index in [2.05, 4.69) is 15.6 Å². The summed E-state index contributed by atoms with van der Waals surface area (Å²) < 4.78 is 12.0. The fourth-order valence-electron chi connectivity index (χ4n) is 1.60. The third kappa shape index (κ3) is 7.48. The standard InChI is InChI=1S/C12H21N5O3S2/c1-13-11(6-17(18)19)14-4-5-22(20)9-10-8-21-12(15-10)7-16(2)3/h6,8,13-14H,4-5,7,9H2,1-3H3/b11-6+/t22-/m0/s1. The van der Waals surface area contributed by atoms with Crippen LogP contribution in [-0.4, -0.2) is 52.5 Å². The number of hydrogen-bond acceptors (Lipinski definition) is 8. The van der Waals surface area contributed by atoms with Gasteiger partial charge in [0.1, 0.15) is 5.01 Å². The normalized spacial score (nSPS) is 13.2. The summed E-state index contributed by atoms with van der Waals surface area (Å²) >= 11 is 1.56. The molecule has 0 unspecified atom stereocenters. The smallest absolute Gasteiger partial charge is 0.274 e. The van der Waals surface area contributed by atoms with Crippen LogP contribution in [0.2, 0.25) is 0 Å². The van der Waals surface area contributed by atoms with Gasteiger partial charge >= 0.3 is 0 Å². The molecule has 124 valence electrons. The Balaban J connectivity index is 2.37. The van der Waals surface area contributed by atoms with E-state index in [1.54, 1.807) is 18.4 Å². The SMILES string of the molecule is CN/C(=C\[N+](=O)[O-])NCC[S@](=O)Cc1csc(CN(C)C)n1. The Kier molecular flexibility index (Phi) is 7.99. The van der Waals surface area contributed by atoms with Gasteiger partial charge in [0.05, 0.1) is 16.4 Å². The fourth-order valence-corrected chi connectivity index (χ4v) is 3.57. The van der Waals surface area contributed by atoms with Gasteiger partial charge in [0.25, 0.3) is 6.20 Å². The van der Waals surface area contributed by atoms with Crippen molar-refractivity contribution < 1.29 is 9.13 Å². The first-order valence-corrected chi connectivity index (χ1v) is 8.97. The zero-order valence-electron chi connectivity index (χ0n) is 12.9. The molecule has 2 N–H and O–H groups in total. The van der Waals surface area contributed by atoms with Gasteiger partial charge in [-0.25, -0.2) is 4.98 Å². The monoisotopic (exact) mass is 347 g/mol. The molecule has 8 nitrogen and oxygen atoms in total. The van der Waals surface area contributed by atoms with Gasteiger partial charge in [0.15, 0.2) is 5.82 Å². The van der Waals surface area contributed by atoms with E-state index in [1.807, 2.05) is 24.4 Å². The minimum Gasteiger partial charge on any atom is -0.370 e. The quantitative estimate of drug-likeness (QED) is 0.465. The van der Waals surface area contributed by atoms with Crippen molar-refractivity contribution in [3.63, 3.8) is 0 Å². The number of nitrogens with one attached hydrogen (secondary N) is 2. The van der Waals surface area contributed by atoms with Crippen LogP contribution in [0.25, 0.3) is 0 Å². The molecule has 0 aliphatic rings. The Hall–Kier alpha value is -1.52. The highest BCUT2D eigenvalue weighted by atomic mass is 32.2. The van der Waals surface area contributed by atoms with Crippen molar-refractivity contribution in [2.24, 2.45) is 0 Å². The van der Waals surface area contributed by atoms with E-state index < -0.39 is 15.7 Å². The zero-order valence-corrected chi connectivity index (χ0v) is 14.5. The zero-order chi connectivity index (χ0) is 16.5. The molecule has 1 aromatic rings. The second kappa shape index (κ2) is 9.49. The Morgan fingerprint density at radius 3 is 2.91 bits per heavy atom. The summed E-state index contributed by atoms with van der Waals surface area (Å²) in [6.45, 7) is 1.16. The molecule has 1 atom stereocenters. The highest BCUT2D eigenvalue weighted by molar-refractivity contribution is 7.84. The van der Waals surface area contributed by atoms with Crippen LogP contribution in [0.1, 0.15) is 10.7 Å². The second-order valence-electron chi connectivity index (χ2n) is 4.76. The first kappa shape index (κ1) is 18.5. The Bertz CT molecular complexity index is 545. The molecule has 0 radical (unpaired) electrons. The fraction of sp³-hybridized carbons (Fsp3) is 0.583. The van der Waals surface area contributed by atoms with Crippen LogP contribution in [0.5, 0.6) is 0 Å². The molecule has 0 saturated carbocycles. The van der Waals surface area contributed by atoms with Crippen molar-refractivity contribution in [2.45, 2.75) is 12.3 Å². The second-order valence-corrected chi connectivity index (χ2v) is 7.28. The lowest BCUT2D eigenvalue weighted by molar-refractivity contribution is -0.404. The molecule has 0 fully saturated rings. The summed E-state index contributed by atoms with van der Waals surface area (Å²) in [5, 5.41) is 18.8. The lowest BCUT2D eigenvalue weighted by Gasteiger charge is -2.07. The van der Waals surface area contributed by atoms with E-state index in [0.29, 0.717) is 23.9 Å². The molecule has 1 heterocycles. The number of nitro groups is 1. The Labute approximate surface area is 136 Å². The number of hydrogen-bond donors (Lipinski definition) is 2. The van der Waals surface area contributed by atoms with Gasteiger partial charge < -0.3 is 15.5 Å². The van der Waals surface area contributed by atoms with Crippen LogP contribution in [0.15, 0.2) is 17.4 Å². The molecular weight excluding hydrogens is 326 g/mol. The predicted octanol–water partition coefficient (Wildman–Crippen LogP) is 0.338. The van der Waals surface area contributed by atoms with E-state index in [1.165, 1.54) is 0 Å². The largest absolute Gasteiger partial charge is 0.370 e. The number of aromatic nitrogens is 1. The van der Waals surface area contributed by atoms with Gasteiger partial charge in [-0.05, 0) is 14.1 Å². The Morgan fingerprint density at radius 2 is 2.32 bits per heavy atom. The summed E-state index contributed by atoms with van der Waals surface area (Å²) in [5.41, 5.74) is 0.829. The third-order valence-corrected chi connectivity index (χ3v) is 4.67. The number of rotatable bonds is 10. The van der Waals surface area contributed by atoms with Crippen molar-refractivity contribution in [1.82, 2.24) is 20.5 Å². The maximum atomic E-state index is 12.0. The number of thiazole rings is 1. The summed E-state index contributed by atoms with van der Waals surface area (Å²) in [7, 11) is 4.48. The van der Waals surface area contributed by atoms with Gasteiger partial charge in [-0.15, -0.1) is 11.3 Å². The minimum absolute atomic E-state index is 0.295. The van der Waals surface area contributed by atoms with Gasteiger partial charge in [0.2, 0.25) is 0 Å². The van der Waals surface area contributed by atoms with Crippen LogP contribution in [-0.2, 0) is 23.1 Å². The molecule has 0 amide bonds. The summed E-state index contributed by atoms with van der Waals surface area (Å²) in [4.78, 5) is 16.3. The first-order valence-electron chi connectivity index (χ1n) is 6.60. The van der Waals surface area contributed by atoms with Crippen LogP contribution >= 0.6 is 11.3 Å². The van der Waals surface area contributed by atoms with Crippen molar-refractivity contribution in [3.05, 3.63) is 38.2 Å². The lowest BCUT2D eigenvalue weighted by atomic mass is 10.5. The van der Waals surface area contributed by atoms with Crippen molar-refractivity contribution in [2.75, 3.05) is 33.4 Å². The van der Waals surface area contributed by atoms with Gasteiger partial charge in [-0.2, -0.15) is 0 Å². The topological polar surface area (TPSA) is 100 Å². The molecule has 0 aromatic carbocycles. The average Bonchev–Trinajstić information content (AvgIpc) is 2.83. The molecule has 0 spiro atoms. The van der Waals surface area contributed by atoms with E-state index in [9.17, 15) is 14.3 Å². The third-order valence-electron chi connectivity index (χ3n) is 2.51. The highest BCUT2D eigenvalue weighted by Gasteiger charge is 2.08. The highest BCUT2D eigenvalue weighted by Crippen LogP contribution is 2.12. The van der Waals surface area contributed by atoms with Crippen LogP contribution in [0.3, 0.4) is 0 Å². The Morgan fingerprint density at radius 1 is 1.59 bits per heavy atom. The molecule has 0 saturated heterocycles. The van der Waals surface area contributed by atoms with E-state index in [4.69, 9.17) is 0 Å². The van der Waals surface area contributed by atoms with E-state index in [-0.39, 0.29) is 0 Å². The maximum absolute atomic E-state index is 12.0. The van der Waals surface area contributed by atoms with Crippen molar-refractivity contribution >= 4 is 22.1 Å². The summed E-state index contributed by atoms with van der Waals surface area (Å²) in [6.07, 6.45) is 0.844. The molecule has 1 rings (SSSR count). The molecular formula is C12H21N5O3S2. The summed E-state index contributed by atoms with van der Waals surface area (Å²) in [5.74, 6) is 1.10. The molecule has 22 heavy (non-hydrogen) atoms. The van der Waals surface area contributed by atoms with Gasteiger partial charge in [-0.3, -0.25) is 14.3 Å². The average molecular weight is 347 g/mol. The van der Waals surface area contributed by atoms with E-state index >= 15 is 0 Å². The number of nitrogens with zero attached hydrogens (tertiary/aromatic N) is 3. The van der Waals surface area contributed by atoms with Crippen molar-refractivity contribution in [3.8, 4) is 0 Å². The molecule has 10 heteroatoms. The molecule has 0 aliphatic heterocycles. The molecule has 0 aliphatic carbocycles. The van der Waals surface area contributed by atoms with Gasteiger partial charge in [0, 0.05) is 42.1 Å². The predicted molar refractivity (Wildman–Crippen MR) is 88.4 cm³/mol. The molecule has 1 aromatic heterocycles. The first-order chi connectivity index (χ1) is 10.4. The summed E-state index contributed by atoms with van der Waals surface area (Å²) in [6, 6.07) is 0. The van der Waals surface area contributed by atoms with Gasteiger partial charge in [-0.1, -0.05) is 0 Å². The van der Waals surface area contributed by atoms with Crippen LogP contribution in [0.4, 0.5) is 0 Å². The van der Waals surface area contributed by atoms with E-state index in [0.717, 1.165) is 23.4 Å². The van der Waals surface area contributed by atoms with Crippen LogP contribution < -0.4 is 10.6 Å². The van der Waals surface area contributed by atoms with Crippen molar-refractivity contribution in [1.29, 1.82) is 0 Å². The van der Waals surface area contributed by atoms with Crippen LogP contribution in [0, 0.1) is 10.1 Å². The molecule has 0 bridgehead atoms. The lowest BCUT2D eigenvalue weighted by Crippen LogP contribution is -2.28.